The molecule has 0 aliphatic rings. The molecule has 1 N–H and O–H groups in total. The zero-order valence-electron chi connectivity index (χ0n) is 20.3. The molecule has 0 fully saturated rings. The number of nitrogens with zero attached hydrogens (tertiary/aromatic N) is 2. The molecule has 0 aliphatic heterocycles. The summed E-state index contributed by atoms with van der Waals surface area (Å²) < 4.78 is 26.9. The van der Waals surface area contributed by atoms with Crippen LogP contribution in [0, 0.1) is 6.92 Å². The number of hydrogen-bond acceptors (Lipinski definition) is 4. The molecular formula is C25H34BrN3O4S. The molecule has 0 radical (unpaired) electrons. The van der Waals surface area contributed by atoms with Crippen molar-refractivity contribution in [3.63, 3.8) is 0 Å². The minimum Gasteiger partial charge on any atom is -0.354 e. The van der Waals surface area contributed by atoms with E-state index in [1.54, 1.807) is 24.0 Å². The maximum absolute atomic E-state index is 13.2. The molecule has 2 amide bonds. The summed E-state index contributed by atoms with van der Waals surface area (Å²) in [6.45, 7) is 6.63. The fourth-order valence-corrected chi connectivity index (χ4v) is 4.94. The van der Waals surface area contributed by atoms with Gasteiger partial charge in [-0.3, -0.25) is 13.9 Å². The Bertz CT molecular complexity index is 1070. The van der Waals surface area contributed by atoms with Crippen LogP contribution in [0.2, 0.25) is 0 Å². The Morgan fingerprint density at radius 1 is 1.12 bits per heavy atom. The molecule has 2 aromatic carbocycles. The molecule has 0 bridgehead atoms. The summed E-state index contributed by atoms with van der Waals surface area (Å²) in [5, 5.41) is 2.86. The maximum Gasteiger partial charge on any atom is 0.242 e. The molecule has 9 heteroatoms. The lowest BCUT2D eigenvalue weighted by Gasteiger charge is -2.29. The summed E-state index contributed by atoms with van der Waals surface area (Å²) in [5.41, 5.74) is 2.50. The Kier molecular flexibility index (Phi) is 10.6. The van der Waals surface area contributed by atoms with Crippen LogP contribution in [0.3, 0.4) is 0 Å². The number of amides is 2. The second-order valence-corrected chi connectivity index (χ2v) is 11.2. The molecule has 0 spiro atoms. The maximum atomic E-state index is 13.2. The van der Waals surface area contributed by atoms with Gasteiger partial charge in [0.25, 0.3) is 0 Å². The molecule has 1 atom stereocenters. The number of rotatable bonds is 12. The molecule has 0 aliphatic carbocycles. The third-order valence-corrected chi connectivity index (χ3v) is 7.12. The van der Waals surface area contributed by atoms with Crippen LogP contribution in [0.4, 0.5) is 5.69 Å². The van der Waals surface area contributed by atoms with Crippen molar-refractivity contribution in [2.45, 2.75) is 52.6 Å². The number of sulfonamides is 1. The smallest absolute Gasteiger partial charge is 0.242 e. The molecule has 0 heterocycles. The Morgan fingerprint density at radius 3 is 2.38 bits per heavy atom. The molecule has 0 aromatic heterocycles. The zero-order chi connectivity index (χ0) is 25.3. The van der Waals surface area contributed by atoms with Gasteiger partial charge in [-0.05, 0) is 56.5 Å². The third kappa shape index (κ3) is 8.43. The van der Waals surface area contributed by atoms with Crippen molar-refractivity contribution in [2.24, 2.45) is 0 Å². The van der Waals surface area contributed by atoms with Gasteiger partial charge in [-0.15, -0.1) is 0 Å². The quantitative estimate of drug-likeness (QED) is 0.427. The van der Waals surface area contributed by atoms with Crippen molar-refractivity contribution in [3.05, 3.63) is 64.1 Å². The second-order valence-electron chi connectivity index (χ2n) is 8.39. The first-order chi connectivity index (χ1) is 16.0. The average Bonchev–Trinajstić information content (AvgIpc) is 2.78. The van der Waals surface area contributed by atoms with Gasteiger partial charge in [0.2, 0.25) is 21.8 Å². The molecule has 0 saturated carbocycles. The predicted molar refractivity (Wildman–Crippen MR) is 140 cm³/mol. The van der Waals surface area contributed by atoms with E-state index in [-0.39, 0.29) is 31.3 Å². The van der Waals surface area contributed by atoms with Gasteiger partial charge < -0.3 is 10.2 Å². The fourth-order valence-electron chi connectivity index (χ4n) is 3.53. The van der Waals surface area contributed by atoms with Crippen LogP contribution < -0.4 is 9.62 Å². The Labute approximate surface area is 211 Å². The van der Waals surface area contributed by atoms with Crippen LogP contribution in [-0.4, -0.2) is 50.5 Å². The van der Waals surface area contributed by atoms with E-state index in [1.807, 2.05) is 50.2 Å². The molecule has 2 aromatic rings. The lowest BCUT2D eigenvalue weighted by Crippen LogP contribution is -2.47. The lowest BCUT2D eigenvalue weighted by atomic mass is 10.1. The van der Waals surface area contributed by atoms with Gasteiger partial charge in [-0.25, -0.2) is 8.42 Å². The molecule has 2 rings (SSSR count). The monoisotopic (exact) mass is 551 g/mol. The van der Waals surface area contributed by atoms with Gasteiger partial charge in [0.15, 0.2) is 0 Å². The van der Waals surface area contributed by atoms with Gasteiger partial charge in [0.05, 0.1) is 11.9 Å². The molecule has 0 saturated heterocycles. The summed E-state index contributed by atoms with van der Waals surface area (Å²) >= 11 is 3.45. The van der Waals surface area contributed by atoms with E-state index in [1.165, 1.54) is 4.31 Å². The van der Waals surface area contributed by atoms with E-state index in [4.69, 9.17) is 0 Å². The van der Waals surface area contributed by atoms with Crippen molar-refractivity contribution in [2.75, 3.05) is 23.7 Å². The van der Waals surface area contributed by atoms with Crippen LogP contribution in [-0.2, 0) is 26.2 Å². The number of benzene rings is 2. The summed E-state index contributed by atoms with van der Waals surface area (Å²) in [6, 6.07) is 14.2. The van der Waals surface area contributed by atoms with Crippen LogP contribution in [0.5, 0.6) is 0 Å². The van der Waals surface area contributed by atoms with E-state index >= 15 is 0 Å². The van der Waals surface area contributed by atoms with Crippen LogP contribution in [0.25, 0.3) is 0 Å². The zero-order valence-corrected chi connectivity index (χ0v) is 22.7. The van der Waals surface area contributed by atoms with Crippen molar-refractivity contribution < 1.29 is 18.0 Å². The number of carbonyl (C=O) groups excluding carboxylic acids is 2. The summed E-state index contributed by atoms with van der Waals surface area (Å²) in [6.07, 6.45) is 2.42. The normalized spacial score (nSPS) is 12.1. The third-order valence-electron chi connectivity index (χ3n) is 5.43. The Balaban J connectivity index is 2.14. The standard InChI is InChI=1S/C25H34BrN3O4S/c1-5-15-27-25(31)20(3)28(18-21-8-6-9-22(26)17-21)24(30)10-7-16-29(34(4,32)33)23-13-11-19(2)12-14-23/h6,8-9,11-14,17,20H,5,7,10,15-16,18H2,1-4H3,(H,27,31). The summed E-state index contributed by atoms with van der Waals surface area (Å²) in [5.74, 6) is -0.404. The number of halogens is 1. The molecule has 34 heavy (non-hydrogen) atoms. The van der Waals surface area contributed by atoms with Gasteiger partial charge in [0.1, 0.15) is 6.04 Å². The summed E-state index contributed by atoms with van der Waals surface area (Å²) in [4.78, 5) is 27.4. The first kappa shape index (κ1) is 27.9. The minimum atomic E-state index is -3.50. The number of aryl methyl sites for hydroxylation is 1. The van der Waals surface area contributed by atoms with Gasteiger partial charge in [0, 0.05) is 30.5 Å². The van der Waals surface area contributed by atoms with E-state index in [0.717, 1.165) is 28.3 Å². The van der Waals surface area contributed by atoms with E-state index in [2.05, 4.69) is 21.2 Å². The van der Waals surface area contributed by atoms with Crippen LogP contribution in [0.1, 0.15) is 44.2 Å². The SMILES string of the molecule is CCCNC(=O)C(C)N(Cc1cccc(Br)c1)C(=O)CCCN(c1ccc(C)cc1)S(C)(=O)=O. The summed E-state index contributed by atoms with van der Waals surface area (Å²) in [7, 11) is -3.50. The van der Waals surface area contributed by atoms with Crippen molar-refractivity contribution >= 4 is 43.5 Å². The lowest BCUT2D eigenvalue weighted by molar-refractivity contribution is -0.140. The molecular weight excluding hydrogens is 518 g/mol. The number of nitrogens with one attached hydrogen (secondary N) is 1. The van der Waals surface area contributed by atoms with Gasteiger partial charge in [-0.2, -0.15) is 0 Å². The highest BCUT2D eigenvalue weighted by Crippen LogP contribution is 2.20. The van der Waals surface area contributed by atoms with Crippen molar-refractivity contribution in [3.8, 4) is 0 Å². The molecule has 7 nitrogen and oxygen atoms in total. The van der Waals surface area contributed by atoms with Crippen LogP contribution in [0.15, 0.2) is 53.0 Å². The van der Waals surface area contributed by atoms with E-state index in [9.17, 15) is 18.0 Å². The first-order valence-electron chi connectivity index (χ1n) is 11.4. The Hall–Kier alpha value is -2.39. The first-order valence-corrected chi connectivity index (χ1v) is 14.0. The van der Waals surface area contributed by atoms with E-state index < -0.39 is 16.1 Å². The highest BCUT2D eigenvalue weighted by Gasteiger charge is 2.26. The fraction of sp³-hybridized carbons (Fsp3) is 0.440. The molecule has 1 unspecified atom stereocenters. The largest absolute Gasteiger partial charge is 0.354 e. The number of hydrogen-bond donors (Lipinski definition) is 1. The minimum absolute atomic E-state index is 0.122. The average molecular weight is 553 g/mol. The highest BCUT2D eigenvalue weighted by atomic mass is 79.9. The van der Waals surface area contributed by atoms with Crippen molar-refractivity contribution in [1.29, 1.82) is 0 Å². The predicted octanol–water partition coefficient (Wildman–Crippen LogP) is 4.25. The van der Waals surface area contributed by atoms with E-state index in [0.29, 0.717) is 18.7 Å². The number of anilines is 1. The van der Waals surface area contributed by atoms with Gasteiger partial charge >= 0.3 is 0 Å². The van der Waals surface area contributed by atoms with Gasteiger partial charge in [-0.1, -0.05) is 52.7 Å². The topological polar surface area (TPSA) is 86.8 Å². The second kappa shape index (κ2) is 12.9. The molecule has 186 valence electrons. The number of carbonyl (C=O) groups is 2. The Morgan fingerprint density at radius 2 is 1.79 bits per heavy atom. The van der Waals surface area contributed by atoms with Crippen molar-refractivity contribution in [1.82, 2.24) is 10.2 Å². The highest BCUT2D eigenvalue weighted by molar-refractivity contribution is 9.10. The van der Waals surface area contributed by atoms with Crippen LogP contribution >= 0.6 is 15.9 Å².